The van der Waals surface area contributed by atoms with Gasteiger partial charge >= 0.3 is 0 Å². The Labute approximate surface area is 159 Å². The molecule has 0 saturated carbocycles. The molecule has 0 bridgehead atoms. The first-order valence-corrected chi connectivity index (χ1v) is 10.8. The molecule has 0 fully saturated rings. The zero-order valence-corrected chi connectivity index (χ0v) is 17.9. The quantitative estimate of drug-likeness (QED) is 0.491. The van der Waals surface area contributed by atoms with Gasteiger partial charge in [-0.1, -0.05) is 27.7 Å². The lowest BCUT2D eigenvalue weighted by atomic mass is 10.2. The molecule has 0 unspecified atom stereocenters. The maximum absolute atomic E-state index is 5.59. The summed E-state index contributed by atoms with van der Waals surface area (Å²) in [6.07, 6.45) is 2.09. The normalized spacial score (nSPS) is 11.4. The predicted octanol–water partition coefficient (Wildman–Crippen LogP) is 3.91. The molecular weight excluding hydrogens is 330 g/mol. The van der Waals surface area contributed by atoms with Crippen molar-refractivity contribution < 1.29 is 4.74 Å². The summed E-state index contributed by atoms with van der Waals surface area (Å²) in [5.74, 6) is 0.973. The molecule has 0 radical (unpaired) electrons. The molecule has 1 aromatic carbocycles. The first-order valence-electron chi connectivity index (χ1n) is 9.54. The SMILES string of the molecule is CCN(CC)CCN(CCN(CC)CC)c1ccc(SC)c(OC)c1. The van der Waals surface area contributed by atoms with Crippen LogP contribution in [0.1, 0.15) is 27.7 Å². The highest BCUT2D eigenvalue weighted by atomic mass is 32.2. The number of hydrogen-bond acceptors (Lipinski definition) is 5. The van der Waals surface area contributed by atoms with E-state index in [2.05, 4.69) is 66.8 Å². The summed E-state index contributed by atoms with van der Waals surface area (Å²) >= 11 is 1.73. The summed E-state index contributed by atoms with van der Waals surface area (Å²) in [7, 11) is 1.76. The van der Waals surface area contributed by atoms with Crippen LogP contribution in [-0.2, 0) is 0 Å². The monoisotopic (exact) mass is 367 g/mol. The van der Waals surface area contributed by atoms with Crippen LogP contribution in [0.15, 0.2) is 23.1 Å². The van der Waals surface area contributed by atoms with E-state index < -0.39 is 0 Å². The Balaban J connectivity index is 2.91. The first kappa shape index (κ1) is 22.1. The molecule has 144 valence electrons. The van der Waals surface area contributed by atoms with Gasteiger partial charge in [0, 0.05) is 42.8 Å². The van der Waals surface area contributed by atoms with Crippen LogP contribution in [0.25, 0.3) is 0 Å². The molecule has 0 aliphatic carbocycles. The van der Waals surface area contributed by atoms with Gasteiger partial charge in [-0.2, -0.15) is 0 Å². The minimum atomic E-state index is 0.973. The third-order valence-corrected chi connectivity index (χ3v) is 5.67. The number of hydrogen-bond donors (Lipinski definition) is 0. The van der Waals surface area contributed by atoms with E-state index >= 15 is 0 Å². The molecule has 0 atom stereocenters. The second-order valence-electron chi connectivity index (χ2n) is 6.08. The van der Waals surface area contributed by atoms with Crippen LogP contribution in [0.5, 0.6) is 5.75 Å². The zero-order chi connectivity index (χ0) is 18.7. The molecule has 0 heterocycles. The number of likely N-dealkylation sites (N-methyl/N-ethyl adjacent to an activating group) is 2. The number of methoxy groups -OCH3 is 1. The van der Waals surface area contributed by atoms with E-state index in [0.717, 1.165) is 58.1 Å². The molecule has 0 spiro atoms. The number of benzene rings is 1. The molecular formula is C20H37N3OS. The number of nitrogens with zero attached hydrogens (tertiary/aromatic N) is 3. The van der Waals surface area contributed by atoms with E-state index in [0.29, 0.717) is 0 Å². The van der Waals surface area contributed by atoms with Gasteiger partial charge in [0.15, 0.2) is 0 Å². The van der Waals surface area contributed by atoms with Gasteiger partial charge in [-0.15, -0.1) is 11.8 Å². The van der Waals surface area contributed by atoms with E-state index in [1.807, 2.05) is 0 Å². The average Bonchev–Trinajstić information content (AvgIpc) is 2.67. The van der Waals surface area contributed by atoms with Crippen LogP contribution in [0.2, 0.25) is 0 Å². The smallest absolute Gasteiger partial charge is 0.134 e. The van der Waals surface area contributed by atoms with Gasteiger partial charge in [-0.25, -0.2) is 0 Å². The van der Waals surface area contributed by atoms with E-state index in [1.54, 1.807) is 18.9 Å². The number of rotatable bonds is 13. The highest BCUT2D eigenvalue weighted by molar-refractivity contribution is 7.98. The van der Waals surface area contributed by atoms with Crippen molar-refractivity contribution in [3.05, 3.63) is 18.2 Å². The van der Waals surface area contributed by atoms with E-state index in [9.17, 15) is 0 Å². The molecule has 0 aliphatic heterocycles. The predicted molar refractivity (Wildman–Crippen MR) is 113 cm³/mol. The first-order chi connectivity index (χ1) is 12.1. The third-order valence-electron chi connectivity index (χ3n) is 4.89. The van der Waals surface area contributed by atoms with E-state index in [-0.39, 0.29) is 0 Å². The molecule has 0 amide bonds. The van der Waals surface area contributed by atoms with Crippen LogP contribution < -0.4 is 9.64 Å². The Bertz CT molecular complexity index is 460. The Hall–Kier alpha value is -0.910. The maximum atomic E-state index is 5.59. The van der Waals surface area contributed by atoms with Gasteiger partial charge in [0.05, 0.1) is 7.11 Å². The van der Waals surface area contributed by atoms with Gasteiger partial charge in [0.25, 0.3) is 0 Å². The molecule has 1 rings (SSSR count). The molecule has 0 saturated heterocycles. The standard InChI is InChI=1S/C20H37N3OS/c1-7-21(8-2)13-15-23(16-14-22(9-3)10-4)18-11-12-20(25-6)19(17-18)24-5/h11-12,17H,7-10,13-16H2,1-6H3. The van der Waals surface area contributed by atoms with Crippen molar-refractivity contribution in [2.75, 3.05) is 70.6 Å². The van der Waals surface area contributed by atoms with Crippen molar-refractivity contribution in [1.29, 1.82) is 0 Å². The molecule has 1 aromatic rings. The fraction of sp³-hybridized carbons (Fsp3) is 0.700. The summed E-state index contributed by atoms with van der Waals surface area (Å²) in [4.78, 5) is 8.66. The second-order valence-corrected chi connectivity index (χ2v) is 6.93. The molecule has 0 N–H and O–H groups in total. The van der Waals surface area contributed by atoms with Crippen LogP contribution in [0.3, 0.4) is 0 Å². The number of anilines is 1. The second kappa shape index (κ2) is 12.4. The topological polar surface area (TPSA) is 19.0 Å². The lowest BCUT2D eigenvalue weighted by Crippen LogP contribution is -2.39. The Morgan fingerprint density at radius 3 is 1.76 bits per heavy atom. The highest BCUT2D eigenvalue weighted by Crippen LogP contribution is 2.31. The van der Waals surface area contributed by atoms with Crippen molar-refractivity contribution >= 4 is 17.4 Å². The number of thioether (sulfide) groups is 1. The van der Waals surface area contributed by atoms with E-state index in [4.69, 9.17) is 4.74 Å². The molecule has 0 aromatic heterocycles. The zero-order valence-electron chi connectivity index (χ0n) is 17.0. The minimum Gasteiger partial charge on any atom is -0.496 e. The Morgan fingerprint density at radius 1 is 0.840 bits per heavy atom. The van der Waals surface area contributed by atoms with Crippen molar-refractivity contribution in [1.82, 2.24) is 9.80 Å². The van der Waals surface area contributed by atoms with Crippen LogP contribution in [0, 0.1) is 0 Å². The van der Waals surface area contributed by atoms with Crippen molar-refractivity contribution in [3.63, 3.8) is 0 Å². The summed E-state index contributed by atoms with van der Waals surface area (Å²) in [5, 5.41) is 0. The van der Waals surface area contributed by atoms with Gasteiger partial charge < -0.3 is 19.4 Å². The summed E-state index contributed by atoms with van der Waals surface area (Å²) < 4.78 is 5.59. The van der Waals surface area contributed by atoms with Crippen molar-refractivity contribution in [3.8, 4) is 5.75 Å². The molecule has 4 nitrogen and oxygen atoms in total. The fourth-order valence-electron chi connectivity index (χ4n) is 3.00. The van der Waals surface area contributed by atoms with Crippen LogP contribution >= 0.6 is 11.8 Å². The maximum Gasteiger partial charge on any atom is 0.134 e. The summed E-state index contributed by atoms with van der Waals surface area (Å²) in [6, 6.07) is 6.61. The Morgan fingerprint density at radius 2 is 1.36 bits per heavy atom. The lowest BCUT2D eigenvalue weighted by molar-refractivity contribution is 0.294. The van der Waals surface area contributed by atoms with Crippen molar-refractivity contribution in [2.45, 2.75) is 32.6 Å². The fourth-order valence-corrected chi connectivity index (χ4v) is 3.54. The van der Waals surface area contributed by atoms with Crippen LogP contribution in [0.4, 0.5) is 5.69 Å². The van der Waals surface area contributed by atoms with Gasteiger partial charge in [0.2, 0.25) is 0 Å². The Kier molecular flexibility index (Phi) is 11.0. The lowest BCUT2D eigenvalue weighted by Gasteiger charge is -2.31. The molecule has 25 heavy (non-hydrogen) atoms. The van der Waals surface area contributed by atoms with Gasteiger partial charge in [-0.3, -0.25) is 0 Å². The van der Waals surface area contributed by atoms with Crippen molar-refractivity contribution in [2.24, 2.45) is 0 Å². The van der Waals surface area contributed by atoms with E-state index in [1.165, 1.54) is 10.6 Å². The largest absolute Gasteiger partial charge is 0.496 e. The third kappa shape index (κ3) is 7.08. The number of ether oxygens (including phenoxy) is 1. The highest BCUT2D eigenvalue weighted by Gasteiger charge is 2.13. The summed E-state index contributed by atoms with van der Waals surface area (Å²) in [6.45, 7) is 17.7. The minimum absolute atomic E-state index is 0.973. The molecule has 0 aliphatic rings. The van der Waals surface area contributed by atoms with Gasteiger partial charge in [-0.05, 0) is 44.6 Å². The average molecular weight is 368 g/mol. The molecule has 5 heteroatoms. The summed E-state index contributed by atoms with van der Waals surface area (Å²) in [5.41, 5.74) is 1.26. The van der Waals surface area contributed by atoms with Gasteiger partial charge in [0.1, 0.15) is 5.75 Å². The van der Waals surface area contributed by atoms with Crippen LogP contribution in [-0.4, -0.2) is 75.5 Å².